The minimum Gasteiger partial charge on any atom is -0.466 e. The highest BCUT2D eigenvalue weighted by molar-refractivity contribution is 5.80. The van der Waals surface area contributed by atoms with Gasteiger partial charge in [-0.2, -0.15) is 0 Å². The van der Waals surface area contributed by atoms with Crippen molar-refractivity contribution in [1.29, 1.82) is 0 Å². The van der Waals surface area contributed by atoms with E-state index in [-0.39, 0.29) is 0 Å². The molecule has 1 aliphatic rings. The zero-order valence-electron chi connectivity index (χ0n) is 6.29. The van der Waals surface area contributed by atoms with Crippen molar-refractivity contribution < 1.29 is 14.3 Å². The fraction of sp³-hybridized carbons (Fsp3) is 0.571. The van der Waals surface area contributed by atoms with E-state index >= 15 is 0 Å². The Kier molecular flexibility index (Phi) is 4.58. The van der Waals surface area contributed by atoms with Gasteiger partial charge >= 0.3 is 5.97 Å². The molecular formula is C7H12O3. The SMILES string of the molecule is C=CC(=O)OC.CC1CO1. The van der Waals surface area contributed by atoms with E-state index in [9.17, 15) is 4.79 Å². The quantitative estimate of drug-likeness (QED) is 0.309. The van der Waals surface area contributed by atoms with E-state index < -0.39 is 5.97 Å². The molecule has 0 aliphatic carbocycles. The van der Waals surface area contributed by atoms with Crippen molar-refractivity contribution in [3.8, 4) is 0 Å². The molecule has 3 nitrogen and oxygen atoms in total. The summed E-state index contributed by atoms with van der Waals surface area (Å²) >= 11 is 0. The molecule has 0 amide bonds. The second-order valence-electron chi connectivity index (χ2n) is 1.87. The van der Waals surface area contributed by atoms with Crippen LogP contribution in [-0.2, 0) is 14.3 Å². The number of hydrogen-bond donors (Lipinski definition) is 0. The topological polar surface area (TPSA) is 38.8 Å². The lowest BCUT2D eigenvalue weighted by atomic mass is 10.6. The summed E-state index contributed by atoms with van der Waals surface area (Å²) in [5.74, 6) is -0.394. The van der Waals surface area contributed by atoms with Gasteiger partial charge in [0.2, 0.25) is 0 Å². The van der Waals surface area contributed by atoms with Gasteiger partial charge in [-0.3, -0.25) is 0 Å². The third kappa shape index (κ3) is 7.17. The maximum atomic E-state index is 9.84. The third-order valence-electron chi connectivity index (χ3n) is 0.868. The van der Waals surface area contributed by atoms with Crippen LogP contribution in [0.5, 0.6) is 0 Å². The molecule has 0 aromatic rings. The molecule has 1 unspecified atom stereocenters. The number of rotatable bonds is 1. The molecule has 1 rings (SSSR count). The molecule has 1 fully saturated rings. The Balaban J connectivity index is 0.000000172. The van der Waals surface area contributed by atoms with Gasteiger partial charge in [0.25, 0.3) is 0 Å². The molecule has 0 spiro atoms. The lowest BCUT2D eigenvalue weighted by Crippen LogP contribution is -1.91. The van der Waals surface area contributed by atoms with Crippen LogP contribution in [0.2, 0.25) is 0 Å². The molecule has 10 heavy (non-hydrogen) atoms. The Morgan fingerprint density at radius 1 is 1.90 bits per heavy atom. The highest BCUT2D eigenvalue weighted by Crippen LogP contribution is 2.04. The molecule has 0 radical (unpaired) electrons. The fourth-order valence-corrected chi connectivity index (χ4v) is 0.180. The molecular weight excluding hydrogens is 132 g/mol. The van der Waals surface area contributed by atoms with Crippen LogP contribution in [0.1, 0.15) is 6.92 Å². The van der Waals surface area contributed by atoms with E-state index in [4.69, 9.17) is 4.74 Å². The largest absolute Gasteiger partial charge is 0.466 e. The molecule has 1 atom stereocenters. The van der Waals surface area contributed by atoms with Gasteiger partial charge in [0, 0.05) is 6.08 Å². The lowest BCUT2D eigenvalue weighted by Gasteiger charge is -1.83. The van der Waals surface area contributed by atoms with Crippen molar-refractivity contribution >= 4 is 5.97 Å². The maximum absolute atomic E-state index is 9.84. The smallest absolute Gasteiger partial charge is 0.329 e. The van der Waals surface area contributed by atoms with Crippen molar-refractivity contribution in [2.75, 3.05) is 13.7 Å². The summed E-state index contributed by atoms with van der Waals surface area (Å²) in [6.45, 7) is 6.20. The van der Waals surface area contributed by atoms with E-state index in [1.54, 1.807) is 0 Å². The first-order chi connectivity index (χ1) is 4.70. The average molecular weight is 144 g/mol. The van der Waals surface area contributed by atoms with Crippen molar-refractivity contribution in [2.45, 2.75) is 13.0 Å². The highest BCUT2D eigenvalue weighted by Gasteiger charge is 2.13. The highest BCUT2D eigenvalue weighted by atomic mass is 16.6. The molecule has 0 aromatic heterocycles. The number of ether oxygens (including phenoxy) is 2. The molecule has 0 bridgehead atoms. The van der Waals surface area contributed by atoms with E-state index in [0.717, 1.165) is 12.7 Å². The minimum absolute atomic E-state index is 0.394. The van der Waals surface area contributed by atoms with E-state index in [1.807, 2.05) is 0 Å². The van der Waals surface area contributed by atoms with Gasteiger partial charge in [-0.25, -0.2) is 4.79 Å². The second kappa shape index (κ2) is 4.99. The number of carbonyl (C=O) groups excluding carboxylic acids is 1. The zero-order valence-corrected chi connectivity index (χ0v) is 6.29. The van der Waals surface area contributed by atoms with Crippen molar-refractivity contribution in [2.24, 2.45) is 0 Å². The van der Waals surface area contributed by atoms with Crippen LogP contribution in [0.15, 0.2) is 12.7 Å². The number of carbonyl (C=O) groups is 1. The Hall–Kier alpha value is -0.830. The van der Waals surface area contributed by atoms with Gasteiger partial charge < -0.3 is 9.47 Å². The summed E-state index contributed by atoms with van der Waals surface area (Å²) < 4.78 is 8.85. The number of hydrogen-bond acceptors (Lipinski definition) is 3. The first kappa shape index (κ1) is 9.17. The maximum Gasteiger partial charge on any atom is 0.329 e. The van der Waals surface area contributed by atoms with Gasteiger partial charge in [-0.05, 0) is 6.92 Å². The zero-order chi connectivity index (χ0) is 7.98. The summed E-state index contributed by atoms with van der Waals surface area (Å²) in [5.41, 5.74) is 0. The minimum atomic E-state index is -0.394. The van der Waals surface area contributed by atoms with Crippen LogP contribution < -0.4 is 0 Å². The number of methoxy groups -OCH3 is 1. The predicted octanol–water partition coefficient (Wildman–Crippen LogP) is 0.750. The molecule has 1 saturated heterocycles. The van der Waals surface area contributed by atoms with Crippen molar-refractivity contribution in [3.63, 3.8) is 0 Å². The van der Waals surface area contributed by atoms with Crippen LogP contribution in [0.4, 0.5) is 0 Å². The standard InChI is InChI=1S/C4H6O2.C3H6O/c1-3-4(5)6-2;1-3-2-4-3/h3H,1H2,2H3;3H,2H2,1H3. The van der Waals surface area contributed by atoms with Gasteiger partial charge in [-0.15, -0.1) is 0 Å². The van der Waals surface area contributed by atoms with Crippen molar-refractivity contribution in [1.82, 2.24) is 0 Å². The van der Waals surface area contributed by atoms with Crippen LogP contribution in [0.25, 0.3) is 0 Å². The van der Waals surface area contributed by atoms with E-state index in [1.165, 1.54) is 7.11 Å². The molecule has 0 saturated carbocycles. The van der Waals surface area contributed by atoms with Crippen LogP contribution in [-0.4, -0.2) is 25.8 Å². The van der Waals surface area contributed by atoms with E-state index in [2.05, 4.69) is 18.2 Å². The second-order valence-corrected chi connectivity index (χ2v) is 1.87. The average Bonchev–Trinajstić information content (AvgIpc) is 2.71. The van der Waals surface area contributed by atoms with Gasteiger partial charge in [0.05, 0.1) is 19.8 Å². The normalized spacial score (nSPS) is 20.0. The van der Waals surface area contributed by atoms with Gasteiger partial charge in [0.15, 0.2) is 0 Å². The third-order valence-corrected chi connectivity index (χ3v) is 0.868. The summed E-state index contributed by atoms with van der Waals surface area (Å²) in [5, 5.41) is 0. The number of epoxide rings is 1. The van der Waals surface area contributed by atoms with Gasteiger partial charge in [-0.1, -0.05) is 6.58 Å². The summed E-state index contributed by atoms with van der Waals surface area (Å²) in [7, 11) is 1.31. The van der Waals surface area contributed by atoms with E-state index in [0.29, 0.717) is 6.10 Å². The molecule has 0 aromatic carbocycles. The monoisotopic (exact) mass is 144 g/mol. The molecule has 0 N–H and O–H groups in total. The van der Waals surface area contributed by atoms with Crippen LogP contribution in [0, 0.1) is 0 Å². The van der Waals surface area contributed by atoms with Crippen LogP contribution in [0.3, 0.4) is 0 Å². The van der Waals surface area contributed by atoms with Crippen LogP contribution >= 0.6 is 0 Å². The molecule has 58 valence electrons. The molecule has 3 heteroatoms. The number of esters is 1. The Bertz CT molecular complexity index is 116. The Morgan fingerprint density at radius 3 is 2.30 bits per heavy atom. The first-order valence-corrected chi connectivity index (χ1v) is 3.02. The van der Waals surface area contributed by atoms with Gasteiger partial charge in [0.1, 0.15) is 0 Å². The first-order valence-electron chi connectivity index (χ1n) is 3.02. The fourth-order valence-electron chi connectivity index (χ4n) is 0.180. The summed E-state index contributed by atoms with van der Waals surface area (Å²) in [6.07, 6.45) is 1.69. The lowest BCUT2D eigenvalue weighted by molar-refractivity contribution is -0.134. The van der Waals surface area contributed by atoms with Crippen molar-refractivity contribution in [3.05, 3.63) is 12.7 Å². The molecule has 1 aliphatic heterocycles. The Labute approximate surface area is 60.6 Å². The summed E-state index contributed by atoms with van der Waals surface area (Å²) in [4.78, 5) is 9.84. The predicted molar refractivity (Wildman–Crippen MR) is 37.6 cm³/mol. The summed E-state index contributed by atoms with van der Waals surface area (Å²) in [6, 6.07) is 0. The molecule has 1 heterocycles. The Morgan fingerprint density at radius 2 is 2.30 bits per heavy atom.